The van der Waals surface area contributed by atoms with Crippen LogP contribution in [0, 0.1) is 0 Å². The molecule has 0 saturated carbocycles. The van der Waals surface area contributed by atoms with E-state index < -0.39 is 8.07 Å². The molecular weight excluding hydrogens is 148 g/mol. The Balaban J connectivity index is 3.03. The molecule has 1 aliphatic heterocycles. The van der Waals surface area contributed by atoms with Gasteiger partial charge in [-0.25, -0.2) is 0 Å². The molecule has 0 spiro atoms. The van der Waals surface area contributed by atoms with Crippen LogP contribution < -0.4 is 0 Å². The number of allylic oxidation sites excluding steroid dienone is 4. The van der Waals surface area contributed by atoms with E-state index in [1.54, 1.807) is 10.8 Å². The first kappa shape index (κ1) is 8.79. The Morgan fingerprint density at radius 1 is 1.45 bits per heavy atom. The molecule has 1 atom stereocenters. The Morgan fingerprint density at radius 3 is 2.18 bits per heavy atom. The van der Waals surface area contributed by atoms with Crippen LogP contribution in [0.4, 0.5) is 0 Å². The van der Waals surface area contributed by atoms with Crippen molar-refractivity contribution in [3.05, 3.63) is 22.9 Å². The van der Waals surface area contributed by atoms with E-state index in [1.165, 1.54) is 0 Å². The van der Waals surface area contributed by atoms with Gasteiger partial charge in [-0.15, -0.1) is 0 Å². The number of hydrogen-bond donors (Lipinski definition) is 0. The van der Waals surface area contributed by atoms with Gasteiger partial charge in [0.1, 0.15) is 0 Å². The van der Waals surface area contributed by atoms with Gasteiger partial charge < -0.3 is 0 Å². The monoisotopic (exact) mass is 166 g/mol. The number of rotatable bonds is 0. The minimum Gasteiger partial charge on any atom is -0.0845 e. The van der Waals surface area contributed by atoms with E-state index in [1.807, 2.05) is 0 Å². The van der Waals surface area contributed by atoms with E-state index >= 15 is 0 Å². The molecule has 0 amide bonds. The summed E-state index contributed by atoms with van der Waals surface area (Å²) in [4.78, 5) is 0. The topological polar surface area (TPSA) is 0 Å². The first-order valence-electron chi connectivity index (χ1n) is 4.35. The summed E-state index contributed by atoms with van der Waals surface area (Å²) in [6, 6.07) is 0. The van der Waals surface area contributed by atoms with Gasteiger partial charge >= 0.3 is 0 Å². The molecule has 0 bridgehead atoms. The van der Waals surface area contributed by atoms with E-state index in [0.717, 1.165) is 5.54 Å². The van der Waals surface area contributed by atoms with Gasteiger partial charge in [-0.3, -0.25) is 0 Å². The third-order valence-corrected chi connectivity index (χ3v) is 7.99. The Hall–Kier alpha value is -0.303. The third kappa shape index (κ3) is 1.22. The van der Waals surface area contributed by atoms with E-state index in [2.05, 4.69) is 46.0 Å². The van der Waals surface area contributed by atoms with Crippen molar-refractivity contribution in [2.45, 2.75) is 39.4 Å². The van der Waals surface area contributed by atoms with Gasteiger partial charge in [-0.2, -0.15) is 0 Å². The fourth-order valence-corrected chi connectivity index (χ4v) is 3.96. The van der Waals surface area contributed by atoms with Crippen molar-refractivity contribution in [1.29, 1.82) is 0 Å². The Kier molecular flexibility index (Phi) is 2.10. The highest BCUT2D eigenvalue weighted by Gasteiger charge is 2.36. The second-order valence-corrected chi connectivity index (χ2v) is 9.16. The van der Waals surface area contributed by atoms with Crippen LogP contribution in [0.3, 0.4) is 0 Å². The Morgan fingerprint density at radius 2 is 2.00 bits per heavy atom. The summed E-state index contributed by atoms with van der Waals surface area (Å²) in [6.07, 6.45) is 4.65. The van der Waals surface area contributed by atoms with Gasteiger partial charge in [-0.05, 0) is 19.4 Å². The first-order chi connectivity index (χ1) is 5.00. The molecule has 0 N–H and O–H groups in total. The Labute approximate surface area is 71.0 Å². The van der Waals surface area contributed by atoms with Gasteiger partial charge in [0.2, 0.25) is 0 Å². The molecule has 0 aromatic heterocycles. The highest BCUT2D eigenvalue weighted by Crippen LogP contribution is 2.41. The molecule has 0 saturated heterocycles. The van der Waals surface area contributed by atoms with E-state index in [9.17, 15) is 0 Å². The SMILES string of the molecule is C/C=C1\C=C(C)[Si](C)(C)C1C. The van der Waals surface area contributed by atoms with Crippen LogP contribution in [-0.4, -0.2) is 8.07 Å². The average molecular weight is 166 g/mol. The lowest BCUT2D eigenvalue weighted by Gasteiger charge is -2.24. The fraction of sp³-hybridized carbons (Fsp3) is 0.600. The predicted octanol–water partition coefficient (Wildman–Crippen LogP) is 3.53. The standard InChI is InChI=1S/C10H18Si/c1-6-10-7-8(2)11(4,5)9(10)3/h6-7,9H,1-5H3/b10-6+. The zero-order valence-corrected chi connectivity index (χ0v) is 9.23. The maximum Gasteiger partial charge on any atom is 0.0821 e. The summed E-state index contributed by atoms with van der Waals surface area (Å²) in [6.45, 7) is 11.7. The molecule has 0 nitrogen and oxygen atoms in total. The van der Waals surface area contributed by atoms with E-state index in [-0.39, 0.29) is 0 Å². The highest BCUT2D eigenvalue weighted by atomic mass is 28.3. The summed E-state index contributed by atoms with van der Waals surface area (Å²) in [5.74, 6) is 0. The lowest BCUT2D eigenvalue weighted by Crippen LogP contribution is -2.29. The molecule has 1 heteroatoms. The van der Waals surface area contributed by atoms with Crippen molar-refractivity contribution in [2.24, 2.45) is 0 Å². The van der Waals surface area contributed by atoms with Crippen LogP contribution in [0.25, 0.3) is 0 Å². The highest BCUT2D eigenvalue weighted by molar-refractivity contribution is 6.87. The molecule has 0 fully saturated rings. The zero-order chi connectivity index (χ0) is 8.65. The predicted molar refractivity (Wildman–Crippen MR) is 54.4 cm³/mol. The molecular formula is C10H18Si. The zero-order valence-electron chi connectivity index (χ0n) is 8.23. The van der Waals surface area contributed by atoms with Crippen molar-refractivity contribution < 1.29 is 0 Å². The van der Waals surface area contributed by atoms with E-state index in [0.29, 0.717) is 0 Å². The maximum absolute atomic E-state index is 2.46. The molecule has 1 unspecified atom stereocenters. The van der Waals surface area contributed by atoms with Gasteiger partial charge in [0.05, 0.1) is 8.07 Å². The number of hydrogen-bond acceptors (Lipinski definition) is 0. The molecule has 1 rings (SSSR count). The summed E-state index contributed by atoms with van der Waals surface area (Å²) in [5, 5.41) is 1.65. The normalized spacial score (nSPS) is 32.6. The lowest BCUT2D eigenvalue weighted by molar-refractivity contribution is 1.09. The fourth-order valence-electron chi connectivity index (χ4n) is 1.65. The van der Waals surface area contributed by atoms with Gasteiger partial charge in [0.25, 0.3) is 0 Å². The molecule has 1 heterocycles. The first-order valence-corrected chi connectivity index (χ1v) is 7.43. The molecule has 0 aliphatic carbocycles. The molecule has 0 radical (unpaired) electrons. The van der Waals surface area contributed by atoms with Crippen molar-refractivity contribution in [1.82, 2.24) is 0 Å². The van der Waals surface area contributed by atoms with Crippen molar-refractivity contribution in [3.63, 3.8) is 0 Å². The molecule has 62 valence electrons. The molecule has 0 aromatic carbocycles. The second kappa shape index (κ2) is 2.63. The second-order valence-electron chi connectivity index (χ2n) is 4.06. The molecule has 1 aliphatic rings. The lowest BCUT2D eigenvalue weighted by atomic mass is 10.2. The van der Waals surface area contributed by atoms with Crippen LogP contribution in [0.15, 0.2) is 22.9 Å². The van der Waals surface area contributed by atoms with Crippen LogP contribution in [0.5, 0.6) is 0 Å². The summed E-state index contributed by atoms with van der Waals surface area (Å²) in [7, 11) is -1.04. The average Bonchev–Trinajstić information content (AvgIpc) is 2.14. The molecule has 0 aromatic rings. The maximum atomic E-state index is 2.46. The van der Waals surface area contributed by atoms with Crippen LogP contribution >= 0.6 is 0 Å². The minimum atomic E-state index is -1.04. The molecule has 11 heavy (non-hydrogen) atoms. The summed E-state index contributed by atoms with van der Waals surface area (Å²) in [5.41, 5.74) is 2.38. The third-order valence-electron chi connectivity index (χ3n) is 3.32. The van der Waals surface area contributed by atoms with Gasteiger partial charge in [0.15, 0.2) is 0 Å². The van der Waals surface area contributed by atoms with Gasteiger partial charge in [-0.1, -0.05) is 42.9 Å². The van der Waals surface area contributed by atoms with Crippen LogP contribution in [-0.2, 0) is 0 Å². The van der Waals surface area contributed by atoms with Gasteiger partial charge in [0, 0.05) is 0 Å². The van der Waals surface area contributed by atoms with Crippen molar-refractivity contribution in [3.8, 4) is 0 Å². The van der Waals surface area contributed by atoms with Crippen molar-refractivity contribution >= 4 is 8.07 Å². The Bertz CT molecular complexity index is 221. The summed E-state index contributed by atoms with van der Waals surface area (Å²) < 4.78 is 0. The van der Waals surface area contributed by atoms with Crippen molar-refractivity contribution in [2.75, 3.05) is 0 Å². The largest absolute Gasteiger partial charge is 0.0845 e. The minimum absolute atomic E-state index is 0.826. The van der Waals surface area contributed by atoms with Crippen LogP contribution in [0.2, 0.25) is 18.6 Å². The van der Waals surface area contributed by atoms with Crippen LogP contribution in [0.1, 0.15) is 20.8 Å². The van der Waals surface area contributed by atoms with E-state index in [4.69, 9.17) is 0 Å². The summed E-state index contributed by atoms with van der Waals surface area (Å²) >= 11 is 0. The smallest absolute Gasteiger partial charge is 0.0821 e. The quantitative estimate of drug-likeness (QED) is 0.483.